The van der Waals surface area contributed by atoms with Gasteiger partial charge in [-0.05, 0) is 30.7 Å². The van der Waals surface area contributed by atoms with Gasteiger partial charge in [0.05, 0.1) is 18.7 Å². The molecule has 0 saturated heterocycles. The van der Waals surface area contributed by atoms with Gasteiger partial charge in [-0.2, -0.15) is 0 Å². The van der Waals surface area contributed by atoms with Crippen LogP contribution < -0.4 is 10.4 Å². The van der Waals surface area contributed by atoms with Crippen LogP contribution in [0, 0.1) is 6.92 Å². The number of halogens is 1. The van der Waals surface area contributed by atoms with Gasteiger partial charge in [0.15, 0.2) is 5.78 Å². The maximum absolute atomic E-state index is 12.1. The lowest BCUT2D eigenvalue weighted by Gasteiger charge is -2.07. The Labute approximate surface area is 120 Å². The minimum atomic E-state index is -0.455. The average Bonchev–Trinajstić information content (AvgIpc) is 2.42. The molecule has 0 saturated carbocycles. The zero-order chi connectivity index (χ0) is 14.7. The van der Waals surface area contributed by atoms with E-state index >= 15 is 0 Å². The Morgan fingerprint density at radius 2 is 2.20 bits per heavy atom. The van der Waals surface area contributed by atoms with E-state index in [2.05, 4.69) is 4.98 Å². The number of benzene rings is 1. The van der Waals surface area contributed by atoms with Crippen LogP contribution in [0.2, 0.25) is 5.02 Å². The predicted octanol–water partition coefficient (Wildman–Crippen LogP) is 2.10. The number of methoxy groups -OCH3 is 1. The quantitative estimate of drug-likeness (QED) is 0.810. The van der Waals surface area contributed by atoms with Crippen molar-refractivity contribution in [3.63, 3.8) is 0 Å². The number of nitrogens with zero attached hydrogens (tertiary/aromatic N) is 2. The zero-order valence-corrected chi connectivity index (χ0v) is 11.8. The molecule has 0 aliphatic heterocycles. The van der Waals surface area contributed by atoms with Crippen molar-refractivity contribution in [3.8, 4) is 5.75 Å². The summed E-state index contributed by atoms with van der Waals surface area (Å²) in [5, 5.41) is 0.355. The summed E-state index contributed by atoms with van der Waals surface area (Å²) in [5.41, 5.74) is 0.776. The summed E-state index contributed by atoms with van der Waals surface area (Å²) in [5.74, 6) is 0.279. The molecule has 1 aromatic carbocycles. The number of aromatic nitrogens is 2. The molecular weight excluding hydrogens is 280 g/mol. The first kappa shape index (κ1) is 14.3. The lowest BCUT2D eigenvalue weighted by atomic mass is 10.1. The molecule has 0 spiro atoms. The fourth-order valence-corrected chi connectivity index (χ4v) is 2.02. The summed E-state index contributed by atoms with van der Waals surface area (Å²) in [6, 6.07) is 4.76. The third-order valence-electron chi connectivity index (χ3n) is 2.77. The van der Waals surface area contributed by atoms with Crippen LogP contribution in [0.1, 0.15) is 15.9 Å². The highest BCUT2D eigenvalue weighted by atomic mass is 35.5. The van der Waals surface area contributed by atoms with Crippen LogP contribution in [0.15, 0.2) is 35.4 Å². The van der Waals surface area contributed by atoms with Gasteiger partial charge in [-0.3, -0.25) is 9.36 Å². The molecule has 0 fully saturated rings. The smallest absolute Gasteiger partial charge is 0.347 e. The van der Waals surface area contributed by atoms with E-state index in [1.807, 2.05) is 0 Å². The van der Waals surface area contributed by atoms with Crippen LogP contribution in [0.5, 0.6) is 5.75 Å². The Bertz CT molecular complexity index is 710. The van der Waals surface area contributed by atoms with E-state index < -0.39 is 5.69 Å². The summed E-state index contributed by atoms with van der Waals surface area (Å²) in [6.45, 7) is 1.73. The van der Waals surface area contributed by atoms with Crippen molar-refractivity contribution in [3.05, 3.63) is 57.2 Å². The molecule has 0 atom stereocenters. The van der Waals surface area contributed by atoms with Crippen molar-refractivity contribution in [2.75, 3.05) is 7.11 Å². The lowest BCUT2D eigenvalue weighted by Crippen LogP contribution is -2.26. The lowest BCUT2D eigenvalue weighted by molar-refractivity contribution is 0.0970. The first-order valence-corrected chi connectivity index (χ1v) is 6.29. The summed E-state index contributed by atoms with van der Waals surface area (Å²) < 4.78 is 6.30. The van der Waals surface area contributed by atoms with Crippen LogP contribution in [-0.4, -0.2) is 22.4 Å². The Kier molecular flexibility index (Phi) is 4.20. The maximum Gasteiger partial charge on any atom is 0.347 e. The highest BCUT2D eigenvalue weighted by Gasteiger charge is 2.11. The number of carbonyl (C=O) groups is 1. The second-order valence-electron chi connectivity index (χ2n) is 4.31. The second-order valence-corrected chi connectivity index (χ2v) is 4.72. The Morgan fingerprint density at radius 3 is 2.85 bits per heavy atom. The van der Waals surface area contributed by atoms with Gasteiger partial charge in [-0.15, -0.1) is 0 Å². The molecule has 0 N–H and O–H groups in total. The highest BCUT2D eigenvalue weighted by molar-refractivity contribution is 6.32. The number of ketones is 1. The number of hydrogen-bond acceptors (Lipinski definition) is 4. The topological polar surface area (TPSA) is 61.2 Å². The number of ether oxygens (including phenoxy) is 1. The van der Waals surface area contributed by atoms with E-state index in [0.717, 1.165) is 5.56 Å². The standard InChI is InChI=1S/C14H13ClN2O3/c1-9-6-16-14(19)17(7-9)8-12(18)10-3-4-13(20-2)11(15)5-10/h3-7H,8H2,1-2H3. The van der Waals surface area contributed by atoms with Gasteiger partial charge >= 0.3 is 5.69 Å². The van der Waals surface area contributed by atoms with Gasteiger partial charge in [0, 0.05) is 18.0 Å². The molecular formula is C14H13ClN2O3. The number of carbonyl (C=O) groups excluding carboxylic acids is 1. The third-order valence-corrected chi connectivity index (χ3v) is 3.07. The van der Waals surface area contributed by atoms with Gasteiger partial charge < -0.3 is 4.74 Å². The van der Waals surface area contributed by atoms with E-state index in [4.69, 9.17) is 16.3 Å². The minimum absolute atomic E-state index is 0.0732. The van der Waals surface area contributed by atoms with Crippen molar-refractivity contribution < 1.29 is 9.53 Å². The van der Waals surface area contributed by atoms with E-state index in [1.165, 1.54) is 23.9 Å². The first-order chi connectivity index (χ1) is 9.51. The molecule has 20 heavy (non-hydrogen) atoms. The minimum Gasteiger partial charge on any atom is -0.495 e. The highest BCUT2D eigenvalue weighted by Crippen LogP contribution is 2.25. The van der Waals surface area contributed by atoms with Crippen molar-refractivity contribution >= 4 is 17.4 Å². The van der Waals surface area contributed by atoms with E-state index in [1.54, 1.807) is 25.3 Å². The zero-order valence-electron chi connectivity index (χ0n) is 11.1. The van der Waals surface area contributed by atoms with Crippen LogP contribution in [0.4, 0.5) is 0 Å². The van der Waals surface area contributed by atoms with Crippen molar-refractivity contribution in [2.24, 2.45) is 0 Å². The SMILES string of the molecule is COc1ccc(C(=O)Cn2cc(C)cnc2=O)cc1Cl. The Balaban J connectivity index is 2.26. The number of rotatable bonds is 4. The van der Waals surface area contributed by atoms with Gasteiger partial charge in [-0.25, -0.2) is 9.78 Å². The Morgan fingerprint density at radius 1 is 1.45 bits per heavy atom. The number of Topliss-reactive ketones (excluding diaryl/α,β-unsaturated/α-hetero) is 1. The molecule has 0 aliphatic rings. The molecule has 1 aromatic heterocycles. The molecule has 2 rings (SSSR count). The molecule has 0 aliphatic carbocycles. The fraction of sp³-hybridized carbons (Fsp3) is 0.214. The largest absolute Gasteiger partial charge is 0.495 e. The molecule has 5 nitrogen and oxygen atoms in total. The van der Waals surface area contributed by atoms with Crippen molar-refractivity contribution in [1.29, 1.82) is 0 Å². The van der Waals surface area contributed by atoms with E-state index in [-0.39, 0.29) is 12.3 Å². The maximum atomic E-state index is 12.1. The molecule has 1 heterocycles. The molecule has 0 bridgehead atoms. The van der Waals surface area contributed by atoms with Gasteiger partial charge in [0.25, 0.3) is 0 Å². The van der Waals surface area contributed by atoms with Crippen LogP contribution >= 0.6 is 11.6 Å². The van der Waals surface area contributed by atoms with Gasteiger partial charge in [0.2, 0.25) is 0 Å². The molecule has 0 radical (unpaired) electrons. The number of aryl methyl sites for hydroxylation is 1. The summed E-state index contributed by atoms with van der Waals surface area (Å²) in [7, 11) is 1.50. The van der Waals surface area contributed by atoms with E-state index in [0.29, 0.717) is 16.3 Å². The van der Waals surface area contributed by atoms with Crippen molar-refractivity contribution in [1.82, 2.24) is 9.55 Å². The fourth-order valence-electron chi connectivity index (χ4n) is 1.76. The van der Waals surface area contributed by atoms with Crippen LogP contribution in [0.25, 0.3) is 0 Å². The second kappa shape index (κ2) is 5.88. The molecule has 104 valence electrons. The first-order valence-electron chi connectivity index (χ1n) is 5.91. The monoisotopic (exact) mass is 292 g/mol. The molecule has 6 heteroatoms. The van der Waals surface area contributed by atoms with Gasteiger partial charge in [0.1, 0.15) is 5.75 Å². The van der Waals surface area contributed by atoms with Crippen LogP contribution in [0.3, 0.4) is 0 Å². The average molecular weight is 293 g/mol. The van der Waals surface area contributed by atoms with Crippen LogP contribution in [-0.2, 0) is 6.54 Å². The summed E-state index contributed by atoms with van der Waals surface area (Å²) >= 11 is 5.97. The third kappa shape index (κ3) is 3.05. The molecule has 0 amide bonds. The summed E-state index contributed by atoms with van der Waals surface area (Å²) in [6.07, 6.45) is 3.06. The van der Waals surface area contributed by atoms with Crippen molar-refractivity contribution in [2.45, 2.75) is 13.5 Å². The summed E-state index contributed by atoms with van der Waals surface area (Å²) in [4.78, 5) is 27.4. The molecule has 2 aromatic rings. The van der Waals surface area contributed by atoms with E-state index in [9.17, 15) is 9.59 Å². The Hall–Kier alpha value is -2.14. The number of hydrogen-bond donors (Lipinski definition) is 0. The normalized spacial score (nSPS) is 10.3. The van der Waals surface area contributed by atoms with Gasteiger partial charge in [-0.1, -0.05) is 11.6 Å². The predicted molar refractivity (Wildman–Crippen MR) is 75.6 cm³/mol. The molecule has 0 unspecified atom stereocenters.